The number of hydrogen-bond acceptors (Lipinski definition) is 2. The molecule has 1 amide bonds. The van der Waals surface area contributed by atoms with Gasteiger partial charge < -0.3 is 9.80 Å². The first kappa shape index (κ1) is 16.8. The first-order chi connectivity index (χ1) is 10.7. The van der Waals surface area contributed by atoms with Crippen LogP contribution in [0.1, 0.15) is 45.4 Å². The van der Waals surface area contributed by atoms with Crippen molar-refractivity contribution in [3.63, 3.8) is 0 Å². The molecular weight excluding hydrogens is 279 g/mol. The van der Waals surface area contributed by atoms with Gasteiger partial charge in [-0.25, -0.2) is 4.39 Å². The second-order valence-corrected chi connectivity index (χ2v) is 6.01. The largest absolute Gasteiger partial charge is 0.368 e. The van der Waals surface area contributed by atoms with E-state index in [1.54, 1.807) is 12.1 Å². The number of hydrogen-bond donors (Lipinski definition) is 0. The van der Waals surface area contributed by atoms with Crippen molar-refractivity contribution in [1.29, 1.82) is 0 Å². The highest BCUT2D eigenvalue weighted by atomic mass is 19.1. The zero-order chi connectivity index (χ0) is 15.8. The summed E-state index contributed by atoms with van der Waals surface area (Å²) in [6.45, 7) is 5.39. The number of piperazine rings is 1. The summed E-state index contributed by atoms with van der Waals surface area (Å²) in [6.07, 6.45) is 6.60. The van der Waals surface area contributed by atoms with E-state index in [9.17, 15) is 9.18 Å². The minimum absolute atomic E-state index is 0.208. The molecule has 0 atom stereocenters. The normalized spacial score (nSPS) is 15.2. The highest BCUT2D eigenvalue weighted by molar-refractivity contribution is 5.76. The number of rotatable bonds is 7. The van der Waals surface area contributed by atoms with Crippen molar-refractivity contribution < 1.29 is 9.18 Å². The molecule has 1 fully saturated rings. The molecule has 22 heavy (non-hydrogen) atoms. The van der Waals surface area contributed by atoms with Crippen LogP contribution in [0.15, 0.2) is 24.3 Å². The number of anilines is 1. The summed E-state index contributed by atoms with van der Waals surface area (Å²) in [5, 5.41) is 0. The number of nitrogens with zero attached hydrogens (tertiary/aromatic N) is 2. The van der Waals surface area contributed by atoms with Crippen molar-refractivity contribution in [2.75, 3.05) is 31.1 Å². The van der Waals surface area contributed by atoms with Gasteiger partial charge in [-0.15, -0.1) is 0 Å². The van der Waals surface area contributed by atoms with Crippen LogP contribution in [0, 0.1) is 5.82 Å². The molecule has 0 aromatic heterocycles. The molecule has 122 valence electrons. The Kier molecular flexibility index (Phi) is 6.69. The number of benzene rings is 1. The van der Waals surface area contributed by atoms with Crippen molar-refractivity contribution in [3.05, 3.63) is 30.1 Å². The predicted octanol–water partition coefficient (Wildman–Crippen LogP) is 3.83. The fourth-order valence-electron chi connectivity index (χ4n) is 2.90. The molecule has 1 saturated heterocycles. The van der Waals surface area contributed by atoms with Gasteiger partial charge in [-0.3, -0.25) is 4.79 Å². The summed E-state index contributed by atoms with van der Waals surface area (Å²) in [6, 6.07) is 6.59. The van der Waals surface area contributed by atoms with Crippen LogP contribution in [0.25, 0.3) is 0 Å². The molecule has 2 rings (SSSR count). The molecule has 1 aliphatic heterocycles. The molecule has 0 radical (unpaired) electrons. The third-order valence-electron chi connectivity index (χ3n) is 4.32. The van der Waals surface area contributed by atoms with Crippen LogP contribution >= 0.6 is 0 Å². The summed E-state index contributed by atoms with van der Waals surface area (Å²) in [5.74, 6) is 0.0795. The molecule has 0 N–H and O–H groups in total. The smallest absolute Gasteiger partial charge is 0.222 e. The second kappa shape index (κ2) is 8.76. The topological polar surface area (TPSA) is 23.6 Å². The van der Waals surface area contributed by atoms with Gasteiger partial charge in [-0.1, -0.05) is 32.6 Å². The van der Waals surface area contributed by atoms with Crippen molar-refractivity contribution in [2.24, 2.45) is 0 Å². The summed E-state index contributed by atoms with van der Waals surface area (Å²) in [5.41, 5.74) is 1.04. The van der Waals surface area contributed by atoms with Gasteiger partial charge >= 0.3 is 0 Å². The lowest BCUT2D eigenvalue weighted by molar-refractivity contribution is -0.131. The summed E-state index contributed by atoms with van der Waals surface area (Å²) >= 11 is 0. The maximum atomic E-state index is 12.9. The lowest BCUT2D eigenvalue weighted by Crippen LogP contribution is -2.48. The van der Waals surface area contributed by atoms with Crippen LogP contribution in [0.2, 0.25) is 0 Å². The highest BCUT2D eigenvalue weighted by Crippen LogP contribution is 2.17. The van der Waals surface area contributed by atoms with E-state index in [-0.39, 0.29) is 11.7 Å². The van der Waals surface area contributed by atoms with Gasteiger partial charge in [0, 0.05) is 38.3 Å². The van der Waals surface area contributed by atoms with Gasteiger partial charge in [-0.2, -0.15) is 0 Å². The summed E-state index contributed by atoms with van der Waals surface area (Å²) in [7, 11) is 0. The van der Waals surface area contributed by atoms with Crippen LogP contribution in [0.5, 0.6) is 0 Å². The van der Waals surface area contributed by atoms with Crippen molar-refractivity contribution in [2.45, 2.75) is 45.4 Å². The third-order valence-corrected chi connectivity index (χ3v) is 4.32. The van der Waals surface area contributed by atoms with E-state index in [1.807, 2.05) is 4.90 Å². The van der Waals surface area contributed by atoms with Gasteiger partial charge in [0.15, 0.2) is 0 Å². The molecule has 1 aromatic carbocycles. The van der Waals surface area contributed by atoms with E-state index in [0.717, 1.165) is 44.7 Å². The molecule has 3 nitrogen and oxygen atoms in total. The average molecular weight is 306 g/mol. The van der Waals surface area contributed by atoms with Crippen LogP contribution < -0.4 is 4.90 Å². The minimum atomic E-state index is -0.208. The molecule has 4 heteroatoms. The summed E-state index contributed by atoms with van der Waals surface area (Å²) < 4.78 is 12.9. The summed E-state index contributed by atoms with van der Waals surface area (Å²) in [4.78, 5) is 16.4. The molecule has 0 unspecified atom stereocenters. The number of carbonyl (C=O) groups is 1. The Balaban J connectivity index is 1.70. The number of halogens is 1. The highest BCUT2D eigenvalue weighted by Gasteiger charge is 2.20. The maximum absolute atomic E-state index is 12.9. The number of carbonyl (C=O) groups excluding carboxylic acids is 1. The predicted molar refractivity (Wildman–Crippen MR) is 88.6 cm³/mol. The Morgan fingerprint density at radius 2 is 1.64 bits per heavy atom. The van der Waals surface area contributed by atoms with Gasteiger partial charge in [0.1, 0.15) is 5.82 Å². The first-order valence-electron chi connectivity index (χ1n) is 8.49. The van der Waals surface area contributed by atoms with E-state index < -0.39 is 0 Å². The van der Waals surface area contributed by atoms with Crippen molar-refractivity contribution in [1.82, 2.24) is 4.90 Å². The van der Waals surface area contributed by atoms with E-state index in [2.05, 4.69) is 11.8 Å². The van der Waals surface area contributed by atoms with Crippen molar-refractivity contribution >= 4 is 11.6 Å². The third kappa shape index (κ3) is 5.00. The van der Waals surface area contributed by atoms with Gasteiger partial charge in [-0.05, 0) is 30.7 Å². The Morgan fingerprint density at radius 3 is 2.27 bits per heavy atom. The van der Waals surface area contributed by atoms with Gasteiger partial charge in [0.25, 0.3) is 0 Å². The molecule has 0 spiro atoms. The van der Waals surface area contributed by atoms with Gasteiger partial charge in [0.2, 0.25) is 5.91 Å². The zero-order valence-electron chi connectivity index (χ0n) is 13.6. The van der Waals surface area contributed by atoms with E-state index in [0.29, 0.717) is 6.42 Å². The van der Waals surface area contributed by atoms with Crippen LogP contribution in [-0.2, 0) is 4.79 Å². The molecule has 0 aliphatic carbocycles. The Hall–Kier alpha value is -1.58. The second-order valence-electron chi connectivity index (χ2n) is 6.01. The van der Waals surface area contributed by atoms with Crippen LogP contribution in [0.3, 0.4) is 0 Å². The molecule has 0 saturated carbocycles. The monoisotopic (exact) mass is 306 g/mol. The first-order valence-corrected chi connectivity index (χ1v) is 8.49. The van der Waals surface area contributed by atoms with Gasteiger partial charge in [0.05, 0.1) is 0 Å². The lowest BCUT2D eigenvalue weighted by Gasteiger charge is -2.36. The molecule has 0 bridgehead atoms. The van der Waals surface area contributed by atoms with E-state index in [4.69, 9.17) is 0 Å². The quantitative estimate of drug-likeness (QED) is 0.715. The SMILES string of the molecule is CCCCCCCC(=O)N1CCN(c2ccc(F)cc2)CC1. The van der Waals surface area contributed by atoms with Crippen LogP contribution in [0.4, 0.5) is 10.1 Å². The molecule has 1 heterocycles. The standard InChI is InChI=1S/C18H27FN2O/c1-2-3-4-5-6-7-18(22)21-14-12-20(13-15-21)17-10-8-16(19)9-11-17/h8-11H,2-7,12-15H2,1H3. The fourth-order valence-corrected chi connectivity index (χ4v) is 2.90. The molecular formula is C18H27FN2O. The Bertz CT molecular complexity index is 453. The lowest BCUT2D eigenvalue weighted by atomic mass is 10.1. The molecule has 1 aromatic rings. The number of unbranched alkanes of at least 4 members (excludes halogenated alkanes) is 4. The van der Waals surface area contributed by atoms with Crippen molar-refractivity contribution in [3.8, 4) is 0 Å². The molecule has 1 aliphatic rings. The number of amides is 1. The average Bonchev–Trinajstić information content (AvgIpc) is 2.55. The Labute approximate surface area is 133 Å². The minimum Gasteiger partial charge on any atom is -0.368 e. The van der Waals surface area contributed by atoms with E-state index in [1.165, 1.54) is 31.4 Å². The Morgan fingerprint density at radius 1 is 1.00 bits per heavy atom. The van der Waals surface area contributed by atoms with Crippen LogP contribution in [-0.4, -0.2) is 37.0 Å². The fraction of sp³-hybridized carbons (Fsp3) is 0.611. The maximum Gasteiger partial charge on any atom is 0.222 e. The van der Waals surface area contributed by atoms with E-state index >= 15 is 0 Å². The zero-order valence-corrected chi connectivity index (χ0v) is 13.6.